The highest BCUT2D eigenvalue weighted by molar-refractivity contribution is 5.76. The minimum Gasteiger partial charge on any atom is -0.342 e. The van der Waals surface area contributed by atoms with E-state index in [4.69, 9.17) is 4.98 Å². The molecule has 2 aromatic heterocycles. The van der Waals surface area contributed by atoms with Crippen LogP contribution in [-0.2, 0) is 24.2 Å². The topological polar surface area (TPSA) is 66.8 Å². The highest BCUT2D eigenvalue weighted by Crippen LogP contribution is 2.22. The molecule has 0 spiro atoms. The number of nitrogens with one attached hydrogen (secondary N) is 1. The number of likely N-dealkylation sites (tertiary alicyclic amines) is 1. The van der Waals surface area contributed by atoms with Gasteiger partial charge in [-0.1, -0.05) is 19.1 Å². The first kappa shape index (κ1) is 17.8. The zero-order valence-electron chi connectivity index (χ0n) is 15.9. The fourth-order valence-corrected chi connectivity index (χ4v) is 4.07. The number of benzene rings is 1. The average molecular weight is 365 g/mol. The summed E-state index contributed by atoms with van der Waals surface area (Å²) in [4.78, 5) is 27.2. The van der Waals surface area contributed by atoms with E-state index < -0.39 is 0 Å². The van der Waals surface area contributed by atoms with Gasteiger partial charge in [0.25, 0.3) is 0 Å². The van der Waals surface area contributed by atoms with Crippen molar-refractivity contribution in [2.75, 3.05) is 13.1 Å². The van der Waals surface area contributed by atoms with Gasteiger partial charge in [0.05, 0.1) is 11.0 Å². The van der Waals surface area contributed by atoms with E-state index in [1.54, 1.807) is 0 Å². The zero-order chi connectivity index (χ0) is 18.6. The largest absolute Gasteiger partial charge is 0.342 e. The summed E-state index contributed by atoms with van der Waals surface area (Å²) in [7, 11) is 0. The van der Waals surface area contributed by atoms with Gasteiger partial charge < -0.3 is 14.5 Å². The van der Waals surface area contributed by atoms with Crippen LogP contribution in [0.15, 0.2) is 36.7 Å². The van der Waals surface area contributed by atoms with Gasteiger partial charge in [0.2, 0.25) is 5.91 Å². The lowest BCUT2D eigenvalue weighted by Crippen LogP contribution is -2.40. The van der Waals surface area contributed by atoms with Gasteiger partial charge >= 0.3 is 0 Å². The van der Waals surface area contributed by atoms with Gasteiger partial charge in [-0.05, 0) is 30.9 Å². The second kappa shape index (κ2) is 7.94. The van der Waals surface area contributed by atoms with Crippen LogP contribution < -0.4 is 0 Å². The Hall–Kier alpha value is -2.63. The van der Waals surface area contributed by atoms with Crippen LogP contribution in [0.5, 0.6) is 0 Å². The number of nitrogens with zero attached hydrogens (tertiary/aromatic N) is 4. The van der Waals surface area contributed by atoms with E-state index in [1.165, 1.54) is 0 Å². The summed E-state index contributed by atoms with van der Waals surface area (Å²) in [6.07, 6.45) is 8.34. The highest BCUT2D eigenvalue weighted by Gasteiger charge is 2.24. The lowest BCUT2D eigenvalue weighted by atomic mass is 9.94. The Balaban J connectivity index is 1.33. The molecule has 0 bridgehead atoms. The van der Waals surface area contributed by atoms with E-state index in [-0.39, 0.29) is 5.91 Å². The molecule has 27 heavy (non-hydrogen) atoms. The Morgan fingerprint density at radius 2 is 2.22 bits per heavy atom. The van der Waals surface area contributed by atoms with Crippen LogP contribution in [0.4, 0.5) is 0 Å². The van der Waals surface area contributed by atoms with E-state index in [0.717, 1.165) is 61.5 Å². The summed E-state index contributed by atoms with van der Waals surface area (Å²) in [5, 5.41) is 0. The molecule has 6 heteroatoms. The number of carbonyl (C=O) groups excluding carboxylic acids is 1. The summed E-state index contributed by atoms with van der Waals surface area (Å²) in [5.41, 5.74) is 2.10. The number of para-hydroxylation sites is 2. The number of aromatic amines is 1. The molecule has 1 amide bonds. The van der Waals surface area contributed by atoms with Crippen LogP contribution in [0, 0.1) is 5.92 Å². The van der Waals surface area contributed by atoms with E-state index in [9.17, 15) is 4.79 Å². The lowest BCUT2D eigenvalue weighted by molar-refractivity contribution is -0.133. The van der Waals surface area contributed by atoms with Crippen LogP contribution in [-0.4, -0.2) is 43.4 Å². The van der Waals surface area contributed by atoms with Crippen molar-refractivity contribution in [3.05, 3.63) is 48.3 Å². The summed E-state index contributed by atoms with van der Waals surface area (Å²) in [5.74, 6) is 2.80. The molecular weight excluding hydrogens is 338 g/mol. The average Bonchev–Trinajstić information content (AvgIpc) is 3.31. The van der Waals surface area contributed by atoms with E-state index in [1.807, 2.05) is 35.5 Å². The summed E-state index contributed by atoms with van der Waals surface area (Å²) in [6.45, 7) is 4.52. The predicted octanol–water partition coefficient (Wildman–Crippen LogP) is 3.19. The molecule has 3 aromatic rings. The number of piperidine rings is 1. The second-order valence-electron chi connectivity index (χ2n) is 7.39. The molecule has 0 aliphatic carbocycles. The number of hydrogen-bond acceptors (Lipinski definition) is 3. The van der Waals surface area contributed by atoms with Gasteiger partial charge in [-0.2, -0.15) is 0 Å². The van der Waals surface area contributed by atoms with E-state index >= 15 is 0 Å². The first-order chi connectivity index (χ1) is 13.2. The van der Waals surface area contributed by atoms with Crippen LogP contribution in [0.3, 0.4) is 0 Å². The molecule has 1 aromatic carbocycles. The number of hydrogen-bond donors (Lipinski definition) is 1. The fourth-order valence-electron chi connectivity index (χ4n) is 4.07. The van der Waals surface area contributed by atoms with Gasteiger partial charge in [-0.3, -0.25) is 4.79 Å². The minimum absolute atomic E-state index is 0.250. The number of fused-ring (bicyclic) bond motifs is 1. The van der Waals surface area contributed by atoms with Crippen LogP contribution in [0.1, 0.15) is 37.8 Å². The molecule has 1 atom stereocenters. The first-order valence-corrected chi connectivity index (χ1v) is 9.94. The van der Waals surface area contributed by atoms with Crippen LogP contribution >= 0.6 is 0 Å². The third-order valence-electron chi connectivity index (χ3n) is 5.48. The Kier molecular flexibility index (Phi) is 5.23. The second-order valence-corrected chi connectivity index (χ2v) is 7.39. The Bertz CT molecular complexity index is 879. The summed E-state index contributed by atoms with van der Waals surface area (Å²) in [6, 6.07) is 8.13. The Morgan fingerprint density at radius 3 is 3.07 bits per heavy atom. The minimum atomic E-state index is 0.250. The number of H-pyrrole nitrogens is 1. The number of imidazole rings is 2. The molecule has 4 rings (SSSR count). The van der Waals surface area contributed by atoms with Crippen LogP contribution in [0.2, 0.25) is 0 Å². The van der Waals surface area contributed by atoms with Gasteiger partial charge in [-0.15, -0.1) is 0 Å². The van der Waals surface area contributed by atoms with Crippen molar-refractivity contribution in [2.24, 2.45) is 5.92 Å². The van der Waals surface area contributed by atoms with Crippen molar-refractivity contribution < 1.29 is 4.79 Å². The number of aryl methyl sites for hydroxylation is 2. The molecular formula is C21H27N5O. The fraction of sp³-hybridized carbons (Fsp3) is 0.476. The van der Waals surface area contributed by atoms with Crippen LogP contribution in [0.25, 0.3) is 11.0 Å². The van der Waals surface area contributed by atoms with Crippen molar-refractivity contribution in [1.82, 2.24) is 24.4 Å². The van der Waals surface area contributed by atoms with Gasteiger partial charge in [0.1, 0.15) is 11.6 Å². The zero-order valence-corrected chi connectivity index (χ0v) is 15.9. The maximum absolute atomic E-state index is 12.7. The van der Waals surface area contributed by atoms with Gasteiger partial charge in [0.15, 0.2) is 0 Å². The number of amides is 1. The molecule has 1 fully saturated rings. The summed E-state index contributed by atoms with van der Waals surface area (Å²) >= 11 is 0. The first-order valence-electron chi connectivity index (χ1n) is 9.94. The predicted molar refractivity (Wildman–Crippen MR) is 105 cm³/mol. The van der Waals surface area contributed by atoms with Crippen molar-refractivity contribution in [3.63, 3.8) is 0 Å². The molecule has 1 aliphatic heterocycles. The van der Waals surface area contributed by atoms with Crippen molar-refractivity contribution in [1.29, 1.82) is 0 Å². The summed E-state index contributed by atoms with van der Waals surface area (Å²) < 4.78 is 2.09. The maximum Gasteiger partial charge on any atom is 0.224 e. The molecule has 6 nitrogen and oxygen atoms in total. The molecule has 0 unspecified atom stereocenters. The molecule has 3 heterocycles. The lowest BCUT2D eigenvalue weighted by Gasteiger charge is -2.32. The van der Waals surface area contributed by atoms with Gasteiger partial charge in [-0.25, -0.2) is 9.97 Å². The van der Waals surface area contributed by atoms with E-state index in [0.29, 0.717) is 18.9 Å². The third kappa shape index (κ3) is 4.04. The smallest absolute Gasteiger partial charge is 0.224 e. The number of aromatic nitrogens is 4. The van der Waals surface area contributed by atoms with Crippen molar-refractivity contribution >= 4 is 16.9 Å². The molecule has 1 aliphatic rings. The number of carbonyl (C=O) groups is 1. The molecule has 0 saturated carbocycles. The SMILES string of the molecule is CCc1nccn1CCC(=O)N1CCC[C@@H](Cc2nc3ccccc3[nH]2)C1. The molecule has 1 N–H and O–H groups in total. The highest BCUT2D eigenvalue weighted by atomic mass is 16.2. The quantitative estimate of drug-likeness (QED) is 0.729. The third-order valence-corrected chi connectivity index (χ3v) is 5.48. The molecule has 142 valence electrons. The molecule has 0 radical (unpaired) electrons. The normalized spacial score (nSPS) is 17.5. The number of rotatable bonds is 6. The molecule has 1 saturated heterocycles. The monoisotopic (exact) mass is 365 g/mol. The van der Waals surface area contributed by atoms with E-state index in [2.05, 4.69) is 27.5 Å². The Labute approximate surface area is 159 Å². The standard InChI is InChI=1S/C21H27N5O/c1-2-20-22-10-13-25(20)12-9-21(27)26-11-5-6-16(15-26)14-19-23-17-7-3-4-8-18(17)24-19/h3-4,7-8,10,13,16H,2,5-6,9,11-12,14-15H2,1H3,(H,23,24)/t16-/m0/s1. The Morgan fingerprint density at radius 1 is 1.33 bits per heavy atom. The van der Waals surface area contributed by atoms with Crippen molar-refractivity contribution in [3.8, 4) is 0 Å². The maximum atomic E-state index is 12.7. The van der Waals surface area contributed by atoms with Gasteiger partial charge in [0, 0.05) is 51.3 Å². The van der Waals surface area contributed by atoms with Crippen molar-refractivity contribution in [2.45, 2.75) is 45.6 Å².